The maximum Gasteiger partial charge on any atom is 0.483 e. The van der Waals surface area contributed by atoms with Crippen molar-refractivity contribution in [1.82, 2.24) is 0 Å². The van der Waals surface area contributed by atoms with E-state index in [0.717, 1.165) is 50.2 Å². The van der Waals surface area contributed by atoms with Crippen molar-refractivity contribution in [2.75, 3.05) is 20.8 Å². The SMILES string of the molecule is CO[SiH](OC)OCCCCCCCCc1cccc(C(F)(F)F)c1. The van der Waals surface area contributed by atoms with Crippen LogP contribution in [0, 0.1) is 0 Å². The summed E-state index contributed by atoms with van der Waals surface area (Å²) in [5.41, 5.74) is 0.197. The van der Waals surface area contributed by atoms with E-state index >= 15 is 0 Å². The quantitative estimate of drug-likeness (QED) is 0.400. The van der Waals surface area contributed by atoms with Gasteiger partial charge in [0, 0.05) is 20.8 Å². The molecule has 0 spiro atoms. The van der Waals surface area contributed by atoms with Gasteiger partial charge in [0.2, 0.25) is 0 Å². The Morgan fingerprint density at radius 3 is 2.17 bits per heavy atom. The van der Waals surface area contributed by atoms with Gasteiger partial charge in [-0.3, -0.25) is 0 Å². The van der Waals surface area contributed by atoms with Crippen LogP contribution >= 0.6 is 0 Å². The largest absolute Gasteiger partial charge is 0.483 e. The summed E-state index contributed by atoms with van der Waals surface area (Å²) in [6.07, 6.45) is 2.65. The zero-order chi connectivity index (χ0) is 17.8. The Bertz CT molecular complexity index is 451. The lowest BCUT2D eigenvalue weighted by Crippen LogP contribution is -2.24. The lowest BCUT2D eigenvalue weighted by Gasteiger charge is -2.11. The molecule has 0 saturated carbocycles. The predicted molar refractivity (Wildman–Crippen MR) is 90.0 cm³/mol. The van der Waals surface area contributed by atoms with Gasteiger partial charge < -0.3 is 13.3 Å². The van der Waals surface area contributed by atoms with Crippen molar-refractivity contribution >= 4 is 9.53 Å². The summed E-state index contributed by atoms with van der Waals surface area (Å²) < 4.78 is 53.5. The molecule has 0 aromatic heterocycles. The molecule has 138 valence electrons. The molecule has 0 N–H and O–H groups in total. The third-order valence-electron chi connectivity index (χ3n) is 3.75. The molecular formula is C17H27F3O3Si. The molecule has 0 aliphatic carbocycles. The zero-order valence-corrected chi connectivity index (χ0v) is 15.6. The number of hydrogen-bond acceptors (Lipinski definition) is 3. The van der Waals surface area contributed by atoms with Crippen molar-refractivity contribution in [3.05, 3.63) is 35.4 Å². The fourth-order valence-electron chi connectivity index (χ4n) is 2.45. The fraction of sp³-hybridized carbons (Fsp3) is 0.647. The molecule has 0 unspecified atom stereocenters. The van der Waals surface area contributed by atoms with E-state index in [4.69, 9.17) is 13.3 Å². The van der Waals surface area contributed by atoms with Crippen molar-refractivity contribution in [1.29, 1.82) is 0 Å². The molecule has 0 bridgehead atoms. The molecule has 24 heavy (non-hydrogen) atoms. The summed E-state index contributed by atoms with van der Waals surface area (Å²) >= 11 is 0. The van der Waals surface area contributed by atoms with Crippen LogP contribution in [-0.4, -0.2) is 30.4 Å². The Hall–Kier alpha value is -0.893. The van der Waals surface area contributed by atoms with Gasteiger partial charge in [-0.1, -0.05) is 43.9 Å². The lowest BCUT2D eigenvalue weighted by molar-refractivity contribution is -0.137. The summed E-state index contributed by atoms with van der Waals surface area (Å²) in [5, 5.41) is 0. The molecule has 0 atom stereocenters. The van der Waals surface area contributed by atoms with Gasteiger partial charge in [0.15, 0.2) is 0 Å². The van der Waals surface area contributed by atoms with Gasteiger partial charge in [-0.2, -0.15) is 13.2 Å². The Morgan fingerprint density at radius 2 is 1.54 bits per heavy atom. The van der Waals surface area contributed by atoms with E-state index < -0.39 is 21.3 Å². The normalized spacial score (nSPS) is 12.1. The molecule has 3 nitrogen and oxygen atoms in total. The summed E-state index contributed by atoms with van der Waals surface area (Å²) in [4.78, 5) is 0. The highest BCUT2D eigenvalue weighted by Crippen LogP contribution is 2.29. The fourth-order valence-corrected chi connectivity index (χ4v) is 3.28. The van der Waals surface area contributed by atoms with E-state index in [0.29, 0.717) is 13.0 Å². The summed E-state index contributed by atoms with van der Waals surface area (Å²) in [7, 11) is 1.28. The smallest absolute Gasteiger partial charge is 0.379 e. The monoisotopic (exact) mass is 364 g/mol. The first-order valence-electron chi connectivity index (χ1n) is 8.30. The second kappa shape index (κ2) is 11.6. The number of aryl methyl sites for hydroxylation is 1. The first kappa shape index (κ1) is 21.2. The average molecular weight is 364 g/mol. The van der Waals surface area contributed by atoms with Gasteiger partial charge in [0.1, 0.15) is 0 Å². The minimum Gasteiger partial charge on any atom is -0.379 e. The van der Waals surface area contributed by atoms with E-state index in [2.05, 4.69) is 0 Å². The van der Waals surface area contributed by atoms with E-state index in [1.54, 1.807) is 20.3 Å². The van der Waals surface area contributed by atoms with E-state index in [1.165, 1.54) is 12.1 Å². The molecule has 1 aromatic rings. The van der Waals surface area contributed by atoms with Crippen LogP contribution in [0.15, 0.2) is 24.3 Å². The molecule has 1 rings (SSSR count). The number of rotatable bonds is 12. The number of alkyl halides is 3. The highest BCUT2D eigenvalue weighted by atomic mass is 28.3. The number of hydrogen-bond donors (Lipinski definition) is 0. The third-order valence-corrected chi connectivity index (χ3v) is 5.03. The van der Waals surface area contributed by atoms with Gasteiger partial charge in [0.05, 0.1) is 5.56 Å². The second-order valence-corrected chi connectivity index (χ2v) is 7.55. The van der Waals surface area contributed by atoms with Gasteiger partial charge >= 0.3 is 15.7 Å². The molecular weight excluding hydrogens is 337 g/mol. The van der Waals surface area contributed by atoms with Crippen molar-refractivity contribution in [2.24, 2.45) is 0 Å². The van der Waals surface area contributed by atoms with Gasteiger partial charge in [-0.25, -0.2) is 0 Å². The van der Waals surface area contributed by atoms with Gasteiger partial charge in [0.25, 0.3) is 0 Å². The van der Waals surface area contributed by atoms with Gasteiger partial charge in [-0.15, -0.1) is 0 Å². The minimum atomic E-state index is -4.26. The van der Waals surface area contributed by atoms with Crippen LogP contribution in [0.1, 0.15) is 49.7 Å². The third kappa shape index (κ3) is 8.82. The van der Waals surface area contributed by atoms with Crippen molar-refractivity contribution < 1.29 is 26.4 Å². The molecule has 0 heterocycles. The molecule has 0 fully saturated rings. The highest BCUT2D eigenvalue weighted by molar-refractivity contribution is 6.36. The molecule has 0 radical (unpaired) electrons. The van der Waals surface area contributed by atoms with E-state index in [9.17, 15) is 13.2 Å². The molecule has 0 amide bonds. The van der Waals surface area contributed by atoms with E-state index in [1.807, 2.05) is 0 Å². The molecule has 1 aromatic carbocycles. The lowest BCUT2D eigenvalue weighted by atomic mass is 10.0. The van der Waals surface area contributed by atoms with Crippen LogP contribution in [0.4, 0.5) is 13.2 Å². The van der Waals surface area contributed by atoms with Crippen LogP contribution in [-0.2, 0) is 25.9 Å². The average Bonchev–Trinajstić information content (AvgIpc) is 2.56. The van der Waals surface area contributed by atoms with Crippen molar-refractivity contribution in [3.8, 4) is 0 Å². The minimum absolute atomic E-state index is 0.561. The van der Waals surface area contributed by atoms with Crippen molar-refractivity contribution in [2.45, 2.75) is 51.1 Å². The zero-order valence-electron chi connectivity index (χ0n) is 14.4. The van der Waals surface area contributed by atoms with Crippen molar-refractivity contribution in [3.63, 3.8) is 0 Å². The molecule has 0 aliphatic rings. The summed E-state index contributed by atoms with van der Waals surface area (Å²) in [6, 6.07) is 5.61. The van der Waals surface area contributed by atoms with Crippen LogP contribution < -0.4 is 0 Å². The maximum absolute atomic E-state index is 12.6. The summed E-state index contributed by atoms with van der Waals surface area (Å²) in [6.45, 7) is 0.656. The Labute approximate surface area is 144 Å². The first-order valence-corrected chi connectivity index (χ1v) is 9.72. The number of halogens is 3. The molecule has 7 heteroatoms. The molecule has 0 saturated heterocycles. The Balaban J connectivity index is 2.07. The van der Waals surface area contributed by atoms with E-state index in [-0.39, 0.29) is 0 Å². The standard InChI is InChI=1S/C17H27F3O3Si/c1-21-24(22-2)23-13-8-6-4-3-5-7-10-15-11-9-12-16(14-15)17(18,19)20/h9,11-12,14,24H,3-8,10,13H2,1-2H3. The van der Waals surface area contributed by atoms with Crippen LogP contribution in [0.25, 0.3) is 0 Å². The van der Waals surface area contributed by atoms with Crippen LogP contribution in [0.2, 0.25) is 0 Å². The number of unbranched alkanes of at least 4 members (excludes halogenated alkanes) is 5. The maximum atomic E-state index is 12.6. The number of benzene rings is 1. The predicted octanol–water partition coefficient (Wildman–Crippen LogP) is 4.62. The van der Waals surface area contributed by atoms with Crippen LogP contribution in [0.3, 0.4) is 0 Å². The topological polar surface area (TPSA) is 27.7 Å². The Kier molecular flexibility index (Phi) is 10.2. The van der Waals surface area contributed by atoms with Crippen LogP contribution in [0.5, 0.6) is 0 Å². The first-order chi connectivity index (χ1) is 11.5. The highest BCUT2D eigenvalue weighted by Gasteiger charge is 2.30. The summed E-state index contributed by atoms with van der Waals surface area (Å²) in [5.74, 6) is 0. The van der Waals surface area contributed by atoms with Gasteiger partial charge in [-0.05, 0) is 30.9 Å². The second-order valence-electron chi connectivity index (χ2n) is 5.70. The Morgan fingerprint density at radius 1 is 0.917 bits per heavy atom. The molecule has 0 aliphatic heterocycles.